The van der Waals surface area contributed by atoms with E-state index in [0.29, 0.717) is 12.2 Å². The number of benzene rings is 1. The lowest BCUT2D eigenvalue weighted by atomic mass is 10.2. The Morgan fingerprint density at radius 2 is 1.93 bits per heavy atom. The molecule has 27 heavy (non-hydrogen) atoms. The summed E-state index contributed by atoms with van der Waals surface area (Å²) >= 11 is 1.42. The normalized spacial score (nSPS) is 18.2. The van der Waals surface area contributed by atoms with Gasteiger partial charge in [-0.2, -0.15) is 0 Å². The molecule has 6 nitrogen and oxygen atoms in total. The first kappa shape index (κ1) is 21.3. The van der Waals surface area contributed by atoms with Gasteiger partial charge in [0.25, 0.3) is 0 Å². The van der Waals surface area contributed by atoms with Crippen molar-refractivity contribution in [2.24, 2.45) is 4.99 Å². The highest BCUT2D eigenvalue weighted by atomic mass is 32.2. The van der Waals surface area contributed by atoms with Crippen LogP contribution in [0.3, 0.4) is 0 Å². The molecule has 1 aromatic rings. The van der Waals surface area contributed by atoms with E-state index in [2.05, 4.69) is 24.2 Å². The minimum absolute atomic E-state index is 0.00595. The lowest BCUT2D eigenvalue weighted by molar-refractivity contribution is -0.128. The Morgan fingerprint density at radius 3 is 2.56 bits per heavy atom. The minimum atomic E-state index is -0.402. The van der Waals surface area contributed by atoms with Crippen LogP contribution in [-0.2, 0) is 9.59 Å². The first-order valence-electron chi connectivity index (χ1n) is 9.55. The molecule has 0 aliphatic carbocycles. The number of hydrogen-bond donors (Lipinski definition) is 1. The molecule has 2 rings (SSSR count). The molecule has 0 unspecified atom stereocenters. The van der Waals surface area contributed by atoms with Crippen LogP contribution < -0.4 is 10.1 Å². The van der Waals surface area contributed by atoms with Crippen molar-refractivity contribution >= 4 is 34.4 Å². The number of ether oxygens (including phenoxy) is 1. The van der Waals surface area contributed by atoms with E-state index in [1.165, 1.54) is 11.8 Å². The van der Waals surface area contributed by atoms with Crippen molar-refractivity contribution in [3.05, 3.63) is 24.3 Å². The highest BCUT2D eigenvalue weighted by Crippen LogP contribution is 2.30. The first-order valence-corrected chi connectivity index (χ1v) is 10.4. The Hall–Kier alpha value is -2.02. The van der Waals surface area contributed by atoms with Gasteiger partial charge >= 0.3 is 0 Å². The largest absolute Gasteiger partial charge is 0.497 e. The number of thioether (sulfide) groups is 1. The average molecular weight is 392 g/mol. The lowest BCUT2D eigenvalue weighted by Crippen LogP contribution is -2.34. The summed E-state index contributed by atoms with van der Waals surface area (Å²) in [6.07, 6.45) is 4.16. The number of amidine groups is 1. The van der Waals surface area contributed by atoms with E-state index in [1.54, 1.807) is 36.3 Å². The van der Waals surface area contributed by atoms with Crippen molar-refractivity contribution in [3.8, 4) is 5.75 Å². The number of carbonyl (C=O) groups is 2. The van der Waals surface area contributed by atoms with Gasteiger partial charge in [-0.25, -0.2) is 0 Å². The van der Waals surface area contributed by atoms with Gasteiger partial charge in [0.15, 0.2) is 5.17 Å². The van der Waals surface area contributed by atoms with E-state index in [4.69, 9.17) is 4.74 Å². The van der Waals surface area contributed by atoms with Gasteiger partial charge < -0.3 is 10.1 Å². The molecule has 1 fully saturated rings. The predicted molar refractivity (Wildman–Crippen MR) is 111 cm³/mol. The first-order chi connectivity index (χ1) is 13.1. The van der Waals surface area contributed by atoms with Gasteiger partial charge in [-0.15, -0.1) is 0 Å². The van der Waals surface area contributed by atoms with Crippen molar-refractivity contribution < 1.29 is 14.3 Å². The maximum atomic E-state index is 12.8. The van der Waals surface area contributed by atoms with Gasteiger partial charge in [0, 0.05) is 25.2 Å². The van der Waals surface area contributed by atoms with Crippen LogP contribution in [0.2, 0.25) is 0 Å². The standard InChI is InChI=1S/C20H29N3O3S/c1-4-6-12-21-20-23(13-7-5-2)19(25)17(27-20)14-18(24)22-15-8-10-16(26-3)11-9-15/h8-11,17H,4-7,12-14H2,1-3H3,(H,22,24)/t17-/m1/s1. The number of hydrogen-bond acceptors (Lipinski definition) is 5. The van der Waals surface area contributed by atoms with Crippen LogP contribution in [-0.4, -0.2) is 47.3 Å². The molecule has 0 radical (unpaired) electrons. The minimum Gasteiger partial charge on any atom is -0.497 e. The Morgan fingerprint density at radius 1 is 1.22 bits per heavy atom. The molecule has 2 amide bonds. The summed E-state index contributed by atoms with van der Waals surface area (Å²) in [4.78, 5) is 31.5. The SMILES string of the molecule is CCCCN=C1S[C@H](CC(=O)Nc2ccc(OC)cc2)C(=O)N1CCCC. The highest BCUT2D eigenvalue weighted by Gasteiger charge is 2.38. The number of methoxy groups -OCH3 is 1. The molecule has 7 heteroatoms. The van der Waals surface area contributed by atoms with Crippen molar-refractivity contribution in [3.63, 3.8) is 0 Å². The monoisotopic (exact) mass is 391 g/mol. The number of anilines is 1. The van der Waals surface area contributed by atoms with Gasteiger partial charge in [-0.05, 0) is 37.1 Å². The smallest absolute Gasteiger partial charge is 0.242 e. The third kappa shape index (κ3) is 6.27. The van der Waals surface area contributed by atoms with Crippen LogP contribution in [0.1, 0.15) is 46.0 Å². The average Bonchev–Trinajstić information content (AvgIpc) is 2.95. The molecule has 148 valence electrons. The fraction of sp³-hybridized carbons (Fsp3) is 0.550. The molecular formula is C20H29N3O3S. The third-order valence-corrected chi connectivity index (χ3v) is 5.47. The number of amides is 2. The van der Waals surface area contributed by atoms with Gasteiger partial charge in [-0.1, -0.05) is 38.5 Å². The van der Waals surface area contributed by atoms with E-state index >= 15 is 0 Å². The summed E-state index contributed by atoms with van der Waals surface area (Å²) in [6, 6.07) is 7.14. The molecule has 1 saturated heterocycles. The van der Waals surface area contributed by atoms with Crippen molar-refractivity contribution in [1.82, 2.24) is 4.90 Å². The second-order valence-electron chi connectivity index (χ2n) is 6.45. The zero-order valence-electron chi connectivity index (χ0n) is 16.4. The summed E-state index contributed by atoms with van der Waals surface area (Å²) in [5, 5.41) is 3.21. The van der Waals surface area contributed by atoms with Crippen molar-refractivity contribution in [2.45, 2.75) is 51.2 Å². The molecule has 0 spiro atoms. The van der Waals surface area contributed by atoms with Crippen LogP contribution in [0, 0.1) is 0 Å². The summed E-state index contributed by atoms with van der Waals surface area (Å²) in [5.41, 5.74) is 0.691. The molecule has 1 aromatic carbocycles. The van der Waals surface area contributed by atoms with Crippen LogP contribution in [0.5, 0.6) is 5.75 Å². The van der Waals surface area contributed by atoms with Crippen LogP contribution >= 0.6 is 11.8 Å². The molecule has 1 aliphatic heterocycles. The van der Waals surface area contributed by atoms with E-state index in [1.807, 2.05) is 0 Å². The Labute approximate surface area is 165 Å². The topological polar surface area (TPSA) is 71.0 Å². The molecule has 1 aliphatic rings. The maximum Gasteiger partial charge on any atom is 0.242 e. The Balaban J connectivity index is 1.98. The predicted octanol–water partition coefficient (Wildman–Crippen LogP) is 3.92. The van der Waals surface area contributed by atoms with E-state index in [9.17, 15) is 9.59 Å². The quantitative estimate of drug-likeness (QED) is 0.614. The number of rotatable bonds is 10. The second-order valence-corrected chi connectivity index (χ2v) is 7.62. The Bertz CT molecular complexity index is 661. The molecule has 0 saturated carbocycles. The summed E-state index contributed by atoms with van der Waals surface area (Å²) in [5.74, 6) is 0.555. The van der Waals surface area contributed by atoms with Crippen LogP contribution in [0.15, 0.2) is 29.3 Å². The zero-order chi connectivity index (χ0) is 19.6. The van der Waals surface area contributed by atoms with Gasteiger partial charge in [0.05, 0.1) is 7.11 Å². The van der Waals surface area contributed by atoms with Crippen molar-refractivity contribution in [2.75, 3.05) is 25.5 Å². The van der Waals surface area contributed by atoms with Crippen LogP contribution in [0.4, 0.5) is 5.69 Å². The van der Waals surface area contributed by atoms with E-state index < -0.39 is 5.25 Å². The van der Waals surface area contributed by atoms with Gasteiger partial charge in [-0.3, -0.25) is 19.5 Å². The molecule has 1 N–H and O–H groups in total. The van der Waals surface area contributed by atoms with E-state index in [0.717, 1.165) is 43.1 Å². The molecule has 0 bridgehead atoms. The van der Waals surface area contributed by atoms with E-state index in [-0.39, 0.29) is 18.2 Å². The Kier molecular flexibility index (Phi) is 8.64. The third-order valence-electron chi connectivity index (χ3n) is 4.26. The molecule has 0 aromatic heterocycles. The number of nitrogens with zero attached hydrogens (tertiary/aromatic N) is 2. The second kappa shape index (κ2) is 11.0. The summed E-state index contributed by atoms with van der Waals surface area (Å²) < 4.78 is 5.11. The number of aliphatic imine (C=N–C) groups is 1. The fourth-order valence-corrected chi connectivity index (χ4v) is 3.86. The number of nitrogens with one attached hydrogen (secondary N) is 1. The maximum absolute atomic E-state index is 12.8. The van der Waals surface area contributed by atoms with Crippen molar-refractivity contribution in [1.29, 1.82) is 0 Å². The highest BCUT2D eigenvalue weighted by molar-refractivity contribution is 8.15. The summed E-state index contributed by atoms with van der Waals surface area (Å²) in [7, 11) is 1.60. The van der Waals surface area contributed by atoms with Gasteiger partial charge in [0.1, 0.15) is 11.0 Å². The summed E-state index contributed by atoms with van der Waals surface area (Å²) in [6.45, 7) is 5.61. The molecule has 1 atom stereocenters. The molecule has 1 heterocycles. The number of carbonyl (C=O) groups excluding carboxylic acids is 2. The lowest BCUT2D eigenvalue weighted by Gasteiger charge is -2.15. The molecular weight excluding hydrogens is 362 g/mol. The van der Waals surface area contributed by atoms with Gasteiger partial charge in [0.2, 0.25) is 11.8 Å². The van der Waals surface area contributed by atoms with Crippen LogP contribution in [0.25, 0.3) is 0 Å². The zero-order valence-corrected chi connectivity index (χ0v) is 17.2. The fourth-order valence-electron chi connectivity index (χ4n) is 2.67. The number of unbranched alkanes of at least 4 members (excludes halogenated alkanes) is 2.